The summed E-state index contributed by atoms with van der Waals surface area (Å²) in [6.45, 7) is 1.95. The number of rotatable bonds is 5. The van der Waals surface area contributed by atoms with E-state index in [1.54, 1.807) is 48.5 Å². The summed E-state index contributed by atoms with van der Waals surface area (Å²) in [5, 5.41) is 4.77. The Hall–Kier alpha value is -3.71. The second-order valence-corrected chi connectivity index (χ2v) is 7.73. The molecule has 1 N–H and O–H groups in total. The number of amides is 1. The van der Waals surface area contributed by atoms with Crippen LogP contribution in [0.25, 0.3) is 11.0 Å². The highest BCUT2D eigenvalue weighted by molar-refractivity contribution is 9.10. The van der Waals surface area contributed by atoms with Crippen molar-refractivity contribution in [2.75, 3.05) is 0 Å². The number of benzene rings is 3. The van der Waals surface area contributed by atoms with Gasteiger partial charge in [0.25, 0.3) is 0 Å². The Morgan fingerprint density at radius 2 is 1.74 bits per heavy atom. The molecular formula is C24H17BrN2O4. The number of ether oxygens (including phenoxy) is 1. The number of hydrogen-bond acceptors (Lipinski definition) is 5. The number of furan rings is 1. The largest absolute Gasteiger partial charge is 0.451 e. The van der Waals surface area contributed by atoms with Gasteiger partial charge >= 0.3 is 11.9 Å². The number of esters is 1. The highest BCUT2D eigenvalue weighted by atomic mass is 79.9. The topological polar surface area (TPSA) is 80.9 Å². The molecular weight excluding hydrogens is 460 g/mol. The average Bonchev–Trinajstić information content (AvgIpc) is 3.18. The molecule has 1 aromatic heterocycles. The third-order valence-electron chi connectivity index (χ3n) is 4.46. The predicted octanol–water partition coefficient (Wildman–Crippen LogP) is 5.49. The predicted molar refractivity (Wildman–Crippen MR) is 122 cm³/mol. The van der Waals surface area contributed by atoms with Crippen LogP contribution in [0.15, 0.2) is 86.8 Å². The minimum absolute atomic E-state index is 0.170. The maximum atomic E-state index is 12.2. The quantitative estimate of drug-likeness (QED) is 0.179. The normalized spacial score (nSPS) is 11.0. The zero-order chi connectivity index (χ0) is 21.8. The number of aryl methyl sites for hydroxylation is 1. The number of carbonyl (C=O) groups excluding carboxylic acids is 2. The number of carbonyl (C=O) groups is 2. The summed E-state index contributed by atoms with van der Waals surface area (Å²) in [6.07, 6.45) is 1.49. The first-order chi connectivity index (χ1) is 15.0. The Kier molecular flexibility index (Phi) is 5.95. The molecule has 6 nitrogen and oxygen atoms in total. The molecule has 0 aliphatic heterocycles. The lowest BCUT2D eigenvalue weighted by Crippen LogP contribution is -2.16. The molecule has 0 fully saturated rings. The van der Waals surface area contributed by atoms with Crippen LogP contribution in [0, 0.1) is 6.92 Å². The van der Waals surface area contributed by atoms with Crippen LogP contribution >= 0.6 is 15.9 Å². The summed E-state index contributed by atoms with van der Waals surface area (Å²) in [4.78, 5) is 24.4. The Balaban J connectivity index is 1.35. The minimum atomic E-state index is -0.452. The molecule has 0 unspecified atom stereocenters. The van der Waals surface area contributed by atoms with Crippen molar-refractivity contribution >= 4 is 45.0 Å². The van der Waals surface area contributed by atoms with Crippen molar-refractivity contribution in [1.82, 2.24) is 5.43 Å². The summed E-state index contributed by atoms with van der Waals surface area (Å²) in [5.41, 5.74) is 5.33. The van der Waals surface area contributed by atoms with E-state index in [0.717, 1.165) is 21.0 Å². The summed E-state index contributed by atoms with van der Waals surface area (Å²) in [6, 6.07) is 21.1. The van der Waals surface area contributed by atoms with Crippen molar-refractivity contribution < 1.29 is 18.7 Å². The maximum absolute atomic E-state index is 12.2. The third kappa shape index (κ3) is 5.07. The van der Waals surface area contributed by atoms with E-state index in [-0.39, 0.29) is 5.76 Å². The van der Waals surface area contributed by atoms with E-state index >= 15 is 0 Å². The molecule has 1 amide bonds. The summed E-state index contributed by atoms with van der Waals surface area (Å²) in [5.74, 6) is -0.289. The van der Waals surface area contributed by atoms with Gasteiger partial charge in [0.05, 0.1) is 11.8 Å². The second-order valence-electron chi connectivity index (χ2n) is 6.82. The molecule has 0 bridgehead atoms. The standard InChI is InChI=1S/C24H17BrN2O4/c1-15-2-6-17(7-3-15)24(29)30-20-9-4-16(5-10-20)14-26-27-23(28)22-13-18-12-19(25)8-11-21(18)31-22/h2-14H,1H3,(H,27,28). The van der Waals surface area contributed by atoms with Crippen LogP contribution in [0.1, 0.15) is 32.0 Å². The van der Waals surface area contributed by atoms with Crippen LogP contribution in [0.3, 0.4) is 0 Å². The van der Waals surface area contributed by atoms with Crippen molar-refractivity contribution in [2.45, 2.75) is 6.92 Å². The molecule has 154 valence electrons. The van der Waals surface area contributed by atoms with Crippen LogP contribution in [-0.4, -0.2) is 18.1 Å². The third-order valence-corrected chi connectivity index (χ3v) is 4.95. The molecule has 0 aliphatic carbocycles. The van der Waals surface area contributed by atoms with Gasteiger partial charge in [-0.15, -0.1) is 0 Å². The lowest BCUT2D eigenvalue weighted by molar-refractivity contribution is 0.0734. The first-order valence-electron chi connectivity index (χ1n) is 9.39. The van der Waals surface area contributed by atoms with Crippen LogP contribution < -0.4 is 10.2 Å². The molecule has 1 heterocycles. The number of fused-ring (bicyclic) bond motifs is 1. The zero-order valence-electron chi connectivity index (χ0n) is 16.5. The molecule has 7 heteroatoms. The van der Waals surface area contributed by atoms with E-state index in [9.17, 15) is 9.59 Å². The molecule has 0 saturated heterocycles. The van der Waals surface area contributed by atoms with Gasteiger partial charge in [-0.3, -0.25) is 4.79 Å². The van der Waals surface area contributed by atoms with Gasteiger partial charge in [-0.1, -0.05) is 33.6 Å². The maximum Gasteiger partial charge on any atom is 0.343 e. The SMILES string of the molecule is Cc1ccc(C(=O)Oc2ccc(C=NNC(=O)c3cc4cc(Br)ccc4o3)cc2)cc1. The Labute approximate surface area is 186 Å². The second kappa shape index (κ2) is 8.97. The van der Waals surface area contributed by atoms with Gasteiger partial charge in [-0.05, 0) is 73.2 Å². The van der Waals surface area contributed by atoms with Crippen molar-refractivity contribution in [3.8, 4) is 5.75 Å². The van der Waals surface area contributed by atoms with Crippen LogP contribution in [-0.2, 0) is 0 Å². The fraction of sp³-hybridized carbons (Fsp3) is 0.0417. The first-order valence-corrected chi connectivity index (χ1v) is 10.2. The van der Waals surface area contributed by atoms with Gasteiger partial charge in [-0.25, -0.2) is 10.2 Å². The van der Waals surface area contributed by atoms with E-state index in [4.69, 9.17) is 9.15 Å². The molecule has 4 aromatic rings. The lowest BCUT2D eigenvalue weighted by atomic mass is 10.1. The zero-order valence-corrected chi connectivity index (χ0v) is 18.0. The van der Waals surface area contributed by atoms with E-state index < -0.39 is 11.9 Å². The van der Waals surface area contributed by atoms with E-state index in [1.165, 1.54) is 6.21 Å². The molecule has 0 saturated carbocycles. The first kappa shape index (κ1) is 20.6. The molecule has 0 aliphatic rings. The smallest absolute Gasteiger partial charge is 0.343 e. The molecule has 0 radical (unpaired) electrons. The summed E-state index contributed by atoms with van der Waals surface area (Å²) >= 11 is 3.39. The Morgan fingerprint density at radius 3 is 2.48 bits per heavy atom. The van der Waals surface area contributed by atoms with Gasteiger partial charge in [0.1, 0.15) is 11.3 Å². The molecule has 31 heavy (non-hydrogen) atoms. The lowest BCUT2D eigenvalue weighted by Gasteiger charge is -2.05. The molecule has 4 rings (SSSR count). The number of hydrazone groups is 1. The van der Waals surface area contributed by atoms with Gasteiger partial charge in [0.15, 0.2) is 5.76 Å². The van der Waals surface area contributed by atoms with Crippen LogP contribution in [0.2, 0.25) is 0 Å². The fourth-order valence-corrected chi connectivity index (χ4v) is 3.20. The molecule has 0 atom stereocenters. The highest BCUT2D eigenvalue weighted by Gasteiger charge is 2.12. The fourth-order valence-electron chi connectivity index (χ4n) is 2.82. The van der Waals surface area contributed by atoms with E-state index in [2.05, 4.69) is 26.5 Å². The van der Waals surface area contributed by atoms with Crippen molar-refractivity contribution in [1.29, 1.82) is 0 Å². The van der Waals surface area contributed by atoms with Gasteiger partial charge in [0.2, 0.25) is 0 Å². The summed E-state index contributed by atoms with van der Waals surface area (Å²) < 4.78 is 11.8. The number of halogens is 1. The average molecular weight is 477 g/mol. The van der Waals surface area contributed by atoms with Gasteiger partial charge < -0.3 is 9.15 Å². The molecule has 0 spiro atoms. The highest BCUT2D eigenvalue weighted by Crippen LogP contribution is 2.23. The number of nitrogens with one attached hydrogen (secondary N) is 1. The molecule has 3 aromatic carbocycles. The van der Waals surface area contributed by atoms with E-state index in [1.807, 2.05) is 31.2 Å². The van der Waals surface area contributed by atoms with Gasteiger partial charge in [0, 0.05) is 9.86 Å². The van der Waals surface area contributed by atoms with E-state index in [0.29, 0.717) is 16.9 Å². The number of hydrogen-bond donors (Lipinski definition) is 1. The Morgan fingerprint density at radius 1 is 1.00 bits per heavy atom. The van der Waals surface area contributed by atoms with Crippen molar-refractivity contribution in [3.63, 3.8) is 0 Å². The Bertz CT molecular complexity index is 1280. The van der Waals surface area contributed by atoms with Crippen LogP contribution in [0.5, 0.6) is 5.75 Å². The van der Waals surface area contributed by atoms with Gasteiger partial charge in [-0.2, -0.15) is 5.10 Å². The monoisotopic (exact) mass is 476 g/mol. The van der Waals surface area contributed by atoms with Crippen molar-refractivity contribution in [3.05, 3.63) is 99.7 Å². The minimum Gasteiger partial charge on any atom is -0.451 e. The van der Waals surface area contributed by atoms with Crippen LogP contribution in [0.4, 0.5) is 0 Å². The summed E-state index contributed by atoms with van der Waals surface area (Å²) in [7, 11) is 0. The van der Waals surface area contributed by atoms with Crippen molar-refractivity contribution in [2.24, 2.45) is 5.10 Å². The number of nitrogens with zero attached hydrogens (tertiary/aromatic N) is 1.